The van der Waals surface area contributed by atoms with E-state index in [1.807, 2.05) is 23.2 Å². The van der Waals surface area contributed by atoms with Crippen LogP contribution in [0, 0.1) is 11.8 Å². The first kappa shape index (κ1) is 11.7. The minimum atomic E-state index is -0.469. The number of allylic oxidation sites excluding steroid dienone is 3. The second-order valence-electron chi connectivity index (χ2n) is 2.27. The molecule has 0 amide bonds. The lowest BCUT2D eigenvalue weighted by Crippen LogP contribution is -2.00. The number of aliphatic hydroxyl groups excluding tert-OH is 1. The van der Waals surface area contributed by atoms with Gasteiger partial charge in [-0.15, -0.1) is 0 Å². The third-order valence-corrected chi connectivity index (χ3v) is 1.59. The predicted octanol–water partition coefficient (Wildman–Crippen LogP) is 2.66. The van der Waals surface area contributed by atoms with E-state index in [0.717, 1.165) is 12.8 Å². The Kier molecular flexibility index (Phi) is 8.62. The Labute approximate surface area is 87.7 Å². The summed E-state index contributed by atoms with van der Waals surface area (Å²) >= 11 is 2.14. The molecule has 0 aromatic rings. The van der Waals surface area contributed by atoms with Crippen LogP contribution in [-0.2, 0) is 0 Å². The number of hydrogen-bond donors (Lipinski definition) is 1. The molecular weight excluding hydrogens is 263 g/mol. The molecule has 66 valence electrons. The van der Waals surface area contributed by atoms with Crippen molar-refractivity contribution in [2.24, 2.45) is 0 Å². The first-order valence-electron chi connectivity index (χ1n) is 3.92. The summed E-state index contributed by atoms with van der Waals surface area (Å²) in [6, 6.07) is 0. The van der Waals surface area contributed by atoms with E-state index in [4.69, 9.17) is 0 Å². The van der Waals surface area contributed by atoms with Crippen LogP contribution in [0.5, 0.6) is 0 Å². The molecule has 2 heteroatoms. The fourth-order valence-electron chi connectivity index (χ4n) is 0.636. The van der Waals surface area contributed by atoms with Crippen LogP contribution in [-0.4, -0.2) is 11.2 Å². The summed E-state index contributed by atoms with van der Waals surface area (Å²) in [6.07, 6.45) is 6.72. The molecule has 1 N–H and O–H groups in total. The van der Waals surface area contributed by atoms with Gasteiger partial charge in [0.15, 0.2) is 0 Å². The molecule has 0 radical (unpaired) electrons. The molecule has 0 rings (SSSR count). The summed E-state index contributed by atoms with van der Waals surface area (Å²) in [5.41, 5.74) is 0. The van der Waals surface area contributed by atoms with E-state index in [-0.39, 0.29) is 0 Å². The van der Waals surface area contributed by atoms with Gasteiger partial charge in [0.1, 0.15) is 6.10 Å². The zero-order chi connectivity index (χ0) is 9.23. The van der Waals surface area contributed by atoms with Gasteiger partial charge >= 0.3 is 0 Å². The third kappa shape index (κ3) is 7.83. The zero-order valence-corrected chi connectivity index (χ0v) is 9.28. The summed E-state index contributed by atoms with van der Waals surface area (Å²) in [6.45, 7) is 2.03. The molecule has 1 nitrogen and oxygen atoms in total. The summed E-state index contributed by atoms with van der Waals surface area (Å²) < 4.78 is 1.90. The van der Waals surface area contributed by atoms with Gasteiger partial charge in [-0.05, 0) is 16.6 Å². The van der Waals surface area contributed by atoms with Gasteiger partial charge in [0, 0.05) is 0 Å². The second kappa shape index (κ2) is 8.82. The fraction of sp³-hybridized carbons (Fsp3) is 0.400. The van der Waals surface area contributed by atoms with E-state index in [0.29, 0.717) is 0 Å². The van der Waals surface area contributed by atoms with Crippen molar-refractivity contribution in [2.75, 3.05) is 0 Å². The second-order valence-corrected chi connectivity index (χ2v) is 2.99. The van der Waals surface area contributed by atoms with Crippen LogP contribution in [0.15, 0.2) is 22.3 Å². The molecule has 0 saturated heterocycles. The maximum Gasteiger partial charge on any atom is 0.115 e. The van der Waals surface area contributed by atoms with Crippen molar-refractivity contribution in [3.8, 4) is 11.8 Å². The lowest BCUT2D eigenvalue weighted by atomic mass is 10.2. The van der Waals surface area contributed by atoms with Crippen LogP contribution < -0.4 is 0 Å². The minimum absolute atomic E-state index is 0.469. The number of halogens is 1. The molecule has 0 fully saturated rings. The third-order valence-electron chi connectivity index (χ3n) is 1.18. The van der Waals surface area contributed by atoms with Crippen LogP contribution in [0.2, 0.25) is 0 Å². The Morgan fingerprint density at radius 1 is 1.50 bits per heavy atom. The zero-order valence-electron chi connectivity index (χ0n) is 7.13. The van der Waals surface area contributed by atoms with Crippen LogP contribution in [0.4, 0.5) is 0 Å². The van der Waals surface area contributed by atoms with E-state index >= 15 is 0 Å². The van der Waals surface area contributed by atoms with Crippen molar-refractivity contribution in [2.45, 2.75) is 25.9 Å². The quantitative estimate of drug-likeness (QED) is 0.477. The smallest absolute Gasteiger partial charge is 0.115 e. The van der Waals surface area contributed by atoms with Gasteiger partial charge in [0.05, 0.1) is 0 Å². The lowest BCUT2D eigenvalue weighted by molar-refractivity contribution is 0.221. The van der Waals surface area contributed by atoms with Gasteiger partial charge in [0.2, 0.25) is 0 Å². The molecule has 0 spiro atoms. The van der Waals surface area contributed by atoms with E-state index in [1.165, 1.54) is 0 Å². The fourth-order valence-corrected chi connectivity index (χ4v) is 0.875. The van der Waals surface area contributed by atoms with Crippen LogP contribution in [0.1, 0.15) is 19.8 Å². The van der Waals surface area contributed by atoms with E-state index in [1.54, 1.807) is 6.08 Å². The standard InChI is InChI=1S/C10H13IO/c1-2-7-10(12)8-5-3-4-6-9-11/h3-4,6,9-10,12H,2,7H2,1H3/b4-3+,9-6+/t10-/m1/s1. The normalized spacial score (nSPS) is 13.2. The first-order chi connectivity index (χ1) is 5.81. The highest BCUT2D eigenvalue weighted by molar-refractivity contribution is 14.1. The molecule has 0 aromatic heterocycles. The molecule has 0 saturated carbocycles. The van der Waals surface area contributed by atoms with Crippen LogP contribution in [0.3, 0.4) is 0 Å². The molecule has 0 aliphatic heterocycles. The van der Waals surface area contributed by atoms with Gasteiger partial charge in [-0.1, -0.05) is 59.9 Å². The average Bonchev–Trinajstić information content (AvgIpc) is 2.05. The highest BCUT2D eigenvalue weighted by Gasteiger charge is 1.92. The average molecular weight is 276 g/mol. The highest BCUT2D eigenvalue weighted by Crippen LogP contribution is 1.93. The molecular formula is C10H13IO. The maximum atomic E-state index is 9.18. The SMILES string of the molecule is CCC[C@@H](O)C#C/C=C/C=C/I. The highest BCUT2D eigenvalue weighted by atomic mass is 127. The molecule has 12 heavy (non-hydrogen) atoms. The summed E-state index contributed by atoms with van der Waals surface area (Å²) in [5.74, 6) is 5.49. The number of aliphatic hydroxyl groups is 1. The van der Waals surface area contributed by atoms with Crippen molar-refractivity contribution < 1.29 is 5.11 Å². The lowest BCUT2D eigenvalue weighted by Gasteiger charge is -1.96. The predicted molar refractivity (Wildman–Crippen MR) is 61.0 cm³/mol. The largest absolute Gasteiger partial charge is 0.380 e. The topological polar surface area (TPSA) is 20.2 Å². The van der Waals surface area contributed by atoms with Gasteiger partial charge in [-0.3, -0.25) is 0 Å². The van der Waals surface area contributed by atoms with Gasteiger partial charge in [0.25, 0.3) is 0 Å². The molecule has 0 aliphatic carbocycles. The molecule has 0 aromatic carbocycles. The van der Waals surface area contributed by atoms with Gasteiger partial charge in [-0.25, -0.2) is 0 Å². The van der Waals surface area contributed by atoms with Crippen LogP contribution in [0.25, 0.3) is 0 Å². The van der Waals surface area contributed by atoms with Crippen molar-refractivity contribution in [3.63, 3.8) is 0 Å². The van der Waals surface area contributed by atoms with Gasteiger partial charge in [-0.2, -0.15) is 0 Å². The Hall–Kier alpha value is -0.270. The van der Waals surface area contributed by atoms with Gasteiger partial charge < -0.3 is 5.11 Å². The van der Waals surface area contributed by atoms with Crippen molar-refractivity contribution in [1.29, 1.82) is 0 Å². The van der Waals surface area contributed by atoms with Crippen LogP contribution >= 0.6 is 22.6 Å². The van der Waals surface area contributed by atoms with E-state index in [9.17, 15) is 5.11 Å². The minimum Gasteiger partial charge on any atom is -0.380 e. The number of hydrogen-bond acceptors (Lipinski definition) is 1. The molecule has 0 heterocycles. The number of rotatable bonds is 3. The van der Waals surface area contributed by atoms with Crippen molar-refractivity contribution in [3.05, 3.63) is 22.3 Å². The first-order valence-corrected chi connectivity index (χ1v) is 5.16. The van der Waals surface area contributed by atoms with E-state index < -0.39 is 6.10 Å². The van der Waals surface area contributed by atoms with Crippen molar-refractivity contribution >= 4 is 22.6 Å². The summed E-state index contributed by atoms with van der Waals surface area (Å²) in [5, 5.41) is 9.18. The van der Waals surface area contributed by atoms with E-state index in [2.05, 4.69) is 34.4 Å². The Morgan fingerprint density at radius 2 is 2.25 bits per heavy atom. The van der Waals surface area contributed by atoms with Crippen molar-refractivity contribution in [1.82, 2.24) is 0 Å². The maximum absolute atomic E-state index is 9.18. The summed E-state index contributed by atoms with van der Waals surface area (Å²) in [7, 11) is 0. The molecule has 0 bridgehead atoms. The Morgan fingerprint density at radius 3 is 2.83 bits per heavy atom. The molecule has 1 atom stereocenters. The Bertz CT molecular complexity index is 208. The molecule has 0 unspecified atom stereocenters. The Balaban J connectivity index is 3.71. The monoisotopic (exact) mass is 276 g/mol. The molecule has 0 aliphatic rings. The summed E-state index contributed by atoms with van der Waals surface area (Å²) in [4.78, 5) is 0.